The van der Waals surface area contributed by atoms with E-state index in [1.54, 1.807) is 24.4 Å². The highest BCUT2D eigenvalue weighted by Crippen LogP contribution is 2.37. The van der Waals surface area contributed by atoms with Gasteiger partial charge in [0, 0.05) is 61.3 Å². The highest BCUT2D eigenvalue weighted by Gasteiger charge is 2.44. The number of rotatable bonds is 12. The first kappa shape index (κ1) is 33.2. The number of hydrogen-bond acceptors (Lipinski definition) is 10. The van der Waals surface area contributed by atoms with Gasteiger partial charge in [0.25, 0.3) is 11.8 Å². The second-order valence-corrected chi connectivity index (χ2v) is 14.6. The van der Waals surface area contributed by atoms with Crippen molar-refractivity contribution in [1.29, 1.82) is 5.41 Å². The Balaban J connectivity index is 0.832. The fraction of sp³-hybridized carbons (Fsp3) is 0.462. The molecule has 4 heterocycles. The number of ether oxygens (including phenoxy) is 1. The van der Waals surface area contributed by atoms with Gasteiger partial charge >= 0.3 is 0 Å². The minimum atomic E-state index is -0.970. The van der Waals surface area contributed by atoms with Crippen molar-refractivity contribution >= 4 is 51.6 Å². The molecule has 1 unspecified atom stereocenters. The number of piperidine rings is 1. The van der Waals surface area contributed by atoms with Gasteiger partial charge in [0.2, 0.25) is 11.8 Å². The smallest absolute Gasteiger partial charge is 0.262 e. The van der Waals surface area contributed by atoms with Crippen LogP contribution in [0.5, 0.6) is 0 Å². The molecule has 1 atom stereocenters. The summed E-state index contributed by atoms with van der Waals surface area (Å²) in [5.74, 6) is -0.627. The maximum Gasteiger partial charge on any atom is 0.262 e. The van der Waals surface area contributed by atoms with Gasteiger partial charge in [-0.05, 0) is 106 Å². The van der Waals surface area contributed by atoms with E-state index in [1.807, 2.05) is 6.20 Å². The first-order valence-corrected chi connectivity index (χ1v) is 18.3. The Morgan fingerprint density at radius 3 is 2.55 bits per heavy atom. The van der Waals surface area contributed by atoms with Gasteiger partial charge in [0.1, 0.15) is 6.04 Å². The average molecular weight is 690 g/mol. The number of aromatic nitrogens is 2. The summed E-state index contributed by atoms with van der Waals surface area (Å²) >= 11 is 0. The first-order valence-electron chi connectivity index (χ1n) is 18.3. The van der Waals surface area contributed by atoms with Crippen molar-refractivity contribution in [2.75, 3.05) is 25.1 Å². The molecule has 0 radical (unpaired) electrons. The van der Waals surface area contributed by atoms with Gasteiger partial charge in [-0.2, -0.15) is 0 Å². The van der Waals surface area contributed by atoms with E-state index in [-0.39, 0.29) is 24.0 Å². The van der Waals surface area contributed by atoms with E-state index in [2.05, 4.69) is 34.1 Å². The number of nitrogens with one attached hydrogen (secondary N) is 4. The summed E-state index contributed by atoms with van der Waals surface area (Å²) in [5, 5.41) is 18.1. The molecule has 264 valence electrons. The quantitative estimate of drug-likeness (QED) is 0.117. The van der Waals surface area contributed by atoms with Crippen molar-refractivity contribution in [3.63, 3.8) is 0 Å². The van der Waals surface area contributed by atoms with Gasteiger partial charge in [-0.1, -0.05) is 6.07 Å². The van der Waals surface area contributed by atoms with Crippen LogP contribution >= 0.6 is 0 Å². The fourth-order valence-electron chi connectivity index (χ4n) is 7.84. The molecule has 12 heteroatoms. The van der Waals surface area contributed by atoms with Gasteiger partial charge in [-0.15, -0.1) is 0 Å². The predicted octanol–water partition coefficient (Wildman–Crippen LogP) is 4.96. The number of allylic oxidation sites excluding steroid dienone is 1. The third-order valence-corrected chi connectivity index (χ3v) is 11.1. The molecular formula is C39H43N7O5. The molecule has 1 aromatic heterocycles. The Kier molecular flexibility index (Phi) is 9.10. The molecule has 3 aromatic rings. The van der Waals surface area contributed by atoms with Gasteiger partial charge in [-0.25, -0.2) is 4.98 Å². The lowest BCUT2D eigenvalue weighted by Crippen LogP contribution is -2.54. The summed E-state index contributed by atoms with van der Waals surface area (Å²) in [5.41, 5.74) is 6.56. The van der Waals surface area contributed by atoms with E-state index < -0.39 is 29.7 Å². The molecule has 0 bridgehead atoms. The first-order chi connectivity index (χ1) is 24.8. The molecule has 51 heavy (non-hydrogen) atoms. The Morgan fingerprint density at radius 2 is 1.76 bits per heavy atom. The number of nitrogens with zero attached hydrogens (tertiary/aromatic N) is 3. The predicted molar refractivity (Wildman–Crippen MR) is 191 cm³/mol. The lowest BCUT2D eigenvalue weighted by Gasteiger charge is -2.36. The minimum absolute atomic E-state index is 0.0932. The summed E-state index contributed by atoms with van der Waals surface area (Å²) in [6.07, 6.45) is 12.3. The van der Waals surface area contributed by atoms with E-state index in [9.17, 15) is 19.2 Å². The topological polar surface area (TPSA) is 166 Å². The third kappa shape index (κ3) is 6.89. The average Bonchev–Trinajstić information content (AvgIpc) is 3.95. The summed E-state index contributed by atoms with van der Waals surface area (Å²) in [6, 6.07) is 10.9. The number of hydrogen-bond donors (Lipinski definition) is 4. The number of benzene rings is 2. The highest BCUT2D eigenvalue weighted by atomic mass is 16.5. The molecule has 4 amide bonds. The summed E-state index contributed by atoms with van der Waals surface area (Å²) in [6.45, 7) is 2.32. The molecule has 2 aliphatic carbocycles. The summed E-state index contributed by atoms with van der Waals surface area (Å²) < 4.78 is 5.56. The lowest BCUT2D eigenvalue weighted by molar-refractivity contribution is -0.136. The zero-order chi connectivity index (χ0) is 35.1. The zero-order valence-corrected chi connectivity index (χ0v) is 28.6. The van der Waals surface area contributed by atoms with Crippen molar-refractivity contribution in [2.24, 2.45) is 11.8 Å². The Morgan fingerprint density at radius 1 is 0.961 bits per heavy atom. The number of imide groups is 2. The standard InChI is InChI=1S/C39H43N7O5/c40-36(24-3-4-24)30(33-21-43-31-8-5-25(18-32(31)44-33)23-11-14-51-15-12-23)20-42-27-16-22(17-27)2-1-13-41-26-6-7-28-29(19-26)39(50)46(38(28)49)34-9-10-35(47)45-37(34)48/h5-8,18-24,27,34,40-42H,1-4,9-17H2,(H,45,47,48)/b30-20-,40-36?. The van der Waals surface area contributed by atoms with Crippen LogP contribution in [0.25, 0.3) is 16.6 Å². The third-order valence-electron chi connectivity index (χ3n) is 11.1. The van der Waals surface area contributed by atoms with Crippen molar-refractivity contribution in [2.45, 2.75) is 82.2 Å². The monoisotopic (exact) mass is 689 g/mol. The van der Waals surface area contributed by atoms with Gasteiger partial charge in [-0.3, -0.25) is 34.4 Å². The van der Waals surface area contributed by atoms with Gasteiger partial charge in [0.15, 0.2) is 0 Å². The van der Waals surface area contributed by atoms with Crippen molar-refractivity contribution < 1.29 is 23.9 Å². The van der Waals surface area contributed by atoms with E-state index >= 15 is 0 Å². The molecule has 2 saturated carbocycles. The van der Waals surface area contributed by atoms with Gasteiger partial charge < -0.3 is 20.8 Å². The second kappa shape index (κ2) is 14.0. The van der Waals surface area contributed by atoms with Crippen LogP contribution in [0.2, 0.25) is 0 Å². The van der Waals surface area contributed by atoms with E-state index in [4.69, 9.17) is 20.1 Å². The Labute approximate surface area is 296 Å². The van der Waals surface area contributed by atoms with Crippen molar-refractivity contribution in [3.05, 3.63) is 71.2 Å². The van der Waals surface area contributed by atoms with E-state index in [0.29, 0.717) is 29.5 Å². The Hall–Kier alpha value is -4.97. The maximum atomic E-state index is 13.1. The molecule has 4 N–H and O–H groups in total. The Bertz CT molecular complexity index is 1940. The minimum Gasteiger partial charge on any atom is -0.388 e. The molecule has 4 fully saturated rings. The summed E-state index contributed by atoms with van der Waals surface area (Å²) in [4.78, 5) is 60.7. The molecule has 12 nitrogen and oxygen atoms in total. The molecular weight excluding hydrogens is 646 g/mol. The largest absolute Gasteiger partial charge is 0.388 e. The van der Waals surface area contributed by atoms with Crippen LogP contribution in [0.1, 0.15) is 102 Å². The highest BCUT2D eigenvalue weighted by molar-refractivity contribution is 6.24. The lowest BCUT2D eigenvalue weighted by atomic mass is 9.77. The number of carbonyl (C=O) groups is 4. The van der Waals surface area contributed by atoms with Crippen LogP contribution in [0.4, 0.5) is 5.69 Å². The SMILES string of the molecule is N=C(/C(=C\NC1CC(CCCNc2ccc3c(c2)C(=O)N(C2CCC(=O)NC2=O)C3=O)C1)c1cnc2ccc(C3CCOCC3)cc2n1)C1CC1. The second-order valence-electron chi connectivity index (χ2n) is 14.6. The van der Waals surface area contributed by atoms with Crippen LogP contribution < -0.4 is 16.0 Å². The molecule has 3 aliphatic heterocycles. The molecule has 8 rings (SSSR count). The molecule has 2 aromatic carbocycles. The van der Waals surface area contributed by atoms with Gasteiger partial charge in [0.05, 0.1) is 34.1 Å². The summed E-state index contributed by atoms with van der Waals surface area (Å²) in [7, 11) is 0. The molecule has 5 aliphatic rings. The molecule has 2 saturated heterocycles. The number of anilines is 1. The van der Waals surface area contributed by atoms with Crippen LogP contribution in [0.15, 0.2) is 48.8 Å². The maximum absolute atomic E-state index is 13.1. The van der Waals surface area contributed by atoms with Crippen molar-refractivity contribution in [3.8, 4) is 0 Å². The fourth-order valence-corrected chi connectivity index (χ4v) is 7.84. The number of fused-ring (bicyclic) bond motifs is 2. The van der Waals surface area contributed by atoms with Crippen LogP contribution in [-0.4, -0.2) is 76.1 Å². The van der Waals surface area contributed by atoms with Crippen molar-refractivity contribution in [1.82, 2.24) is 25.5 Å². The van der Waals surface area contributed by atoms with E-state index in [1.165, 1.54) is 5.56 Å². The number of amides is 4. The molecule has 0 spiro atoms. The zero-order valence-electron chi connectivity index (χ0n) is 28.6. The van der Waals surface area contributed by atoms with Crippen LogP contribution in [-0.2, 0) is 14.3 Å². The van der Waals surface area contributed by atoms with Crippen LogP contribution in [0.3, 0.4) is 0 Å². The van der Waals surface area contributed by atoms with Crippen LogP contribution in [0, 0.1) is 17.2 Å². The number of carbonyl (C=O) groups excluding carboxylic acids is 4. The van der Waals surface area contributed by atoms with E-state index in [0.717, 1.165) is 104 Å². The normalized spacial score (nSPS) is 24.0.